The Morgan fingerprint density at radius 2 is 0.925 bits per heavy atom. The minimum atomic E-state index is -0.00308. The minimum Gasteiger partial charge on any atom is -0.466 e. The van der Waals surface area contributed by atoms with Crippen LogP contribution in [0.2, 0.25) is 0 Å². The summed E-state index contributed by atoms with van der Waals surface area (Å²) in [4.78, 5) is 40.1. The van der Waals surface area contributed by atoms with E-state index < -0.39 is 0 Å². The highest BCUT2D eigenvalue weighted by molar-refractivity contribution is 5.76. The van der Waals surface area contributed by atoms with Gasteiger partial charge in [0, 0.05) is 31.8 Å². The number of hydrogen-bond donors (Lipinski definition) is 1. The smallest absolute Gasteiger partial charge is 0.306 e. The number of esters is 2. The van der Waals surface area contributed by atoms with Gasteiger partial charge in [-0.05, 0) is 77.3 Å². The summed E-state index contributed by atoms with van der Waals surface area (Å²) in [5.74, 6) is 1.07. The van der Waals surface area contributed by atoms with Crippen LogP contribution in [0.5, 0.6) is 0 Å². The highest BCUT2D eigenvalue weighted by atomic mass is 16.5. The Hall–Kier alpha value is -1.63. The van der Waals surface area contributed by atoms with E-state index in [0.29, 0.717) is 50.4 Å². The molecule has 1 saturated heterocycles. The predicted octanol–water partition coefficient (Wildman–Crippen LogP) is 12.3. The number of carbonyl (C=O) groups excluding carboxylic acids is 3. The number of carbonyl (C=O) groups is 3. The molecule has 1 aliphatic rings. The van der Waals surface area contributed by atoms with E-state index in [4.69, 9.17) is 9.47 Å². The zero-order valence-electron chi connectivity index (χ0n) is 35.7. The lowest BCUT2D eigenvalue weighted by molar-refractivity contribution is -0.146. The number of nitrogens with one attached hydrogen (secondary N) is 1. The van der Waals surface area contributed by atoms with E-state index >= 15 is 0 Å². The van der Waals surface area contributed by atoms with E-state index in [-0.39, 0.29) is 17.8 Å². The van der Waals surface area contributed by atoms with Gasteiger partial charge in [-0.3, -0.25) is 14.4 Å². The normalized spacial score (nSPS) is 23.9. The lowest BCUT2D eigenvalue weighted by Crippen LogP contribution is -2.36. The molecule has 2 unspecified atom stereocenters. The van der Waals surface area contributed by atoms with Crippen LogP contribution in [-0.2, 0) is 23.9 Å². The van der Waals surface area contributed by atoms with E-state index in [1.807, 2.05) is 14.1 Å². The lowest BCUT2D eigenvalue weighted by Gasteiger charge is -2.20. The van der Waals surface area contributed by atoms with Crippen molar-refractivity contribution < 1.29 is 23.9 Å². The maximum Gasteiger partial charge on any atom is 0.306 e. The Morgan fingerprint density at radius 3 is 1.30 bits per heavy atom. The SMILES string of the molecule is CCCCC1CCCCCCC(CCCC)CC(=O)OCCCCCCCCCCC(NC(=O)CCN(C)C)CCCCCCCCCCOC(=O)C1. The summed E-state index contributed by atoms with van der Waals surface area (Å²) in [6, 6.07) is 0.297. The lowest BCUT2D eigenvalue weighted by atomic mass is 9.90. The van der Waals surface area contributed by atoms with Crippen molar-refractivity contribution >= 4 is 17.8 Å². The Morgan fingerprint density at radius 1 is 0.566 bits per heavy atom. The van der Waals surface area contributed by atoms with E-state index in [9.17, 15) is 14.4 Å². The third kappa shape index (κ3) is 32.3. The molecule has 0 saturated carbocycles. The van der Waals surface area contributed by atoms with Gasteiger partial charge in [-0.1, -0.05) is 155 Å². The van der Waals surface area contributed by atoms with Gasteiger partial charge >= 0.3 is 11.9 Å². The minimum absolute atomic E-state index is 0.00308. The van der Waals surface area contributed by atoms with Crippen LogP contribution < -0.4 is 5.32 Å². The van der Waals surface area contributed by atoms with Crippen molar-refractivity contribution in [3.63, 3.8) is 0 Å². The summed E-state index contributed by atoms with van der Waals surface area (Å²) in [6.45, 7) is 6.38. The topological polar surface area (TPSA) is 84.9 Å². The molecule has 0 aromatic heterocycles. The van der Waals surface area contributed by atoms with Crippen LogP contribution in [0.4, 0.5) is 0 Å². The standard InChI is InChI=1S/C46H88N2O5/c1-5-7-29-41-31-23-19-20-24-32-42(30-8-6-2)40-46(51)53-38-28-22-16-12-10-14-18-26-34-43(47-44(49)35-36-48(3)4)33-25-17-13-9-11-15-21-27-37-52-45(50)39-41/h41-43H,5-40H2,1-4H3,(H,47,49). The highest BCUT2D eigenvalue weighted by Gasteiger charge is 2.17. The maximum atomic E-state index is 12.7. The van der Waals surface area contributed by atoms with Crippen LogP contribution in [0, 0.1) is 11.8 Å². The largest absolute Gasteiger partial charge is 0.466 e. The van der Waals surface area contributed by atoms with Crippen molar-refractivity contribution in [1.29, 1.82) is 0 Å². The molecule has 1 aliphatic heterocycles. The quantitative estimate of drug-likeness (QED) is 0.224. The molecule has 1 N–H and O–H groups in total. The van der Waals surface area contributed by atoms with Crippen LogP contribution in [0.1, 0.15) is 226 Å². The van der Waals surface area contributed by atoms with Gasteiger partial charge in [0.2, 0.25) is 5.91 Å². The first-order valence-electron chi connectivity index (χ1n) is 23.1. The van der Waals surface area contributed by atoms with Crippen LogP contribution in [0.25, 0.3) is 0 Å². The van der Waals surface area contributed by atoms with Crippen molar-refractivity contribution in [2.24, 2.45) is 11.8 Å². The molecule has 0 aromatic rings. The number of rotatable bonds is 10. The Bertz CT molecular complexity index is 809. The Balaban J connectivity index is 2.61. The zero-order chi connectivity index (χ0) is 38.6. The first-order valence-corrected chi connectivity index (χ1v) is 23.1. The van der Waals surface area contributed by atoms with Crippen molar-refractivity contribution in [3.8, 4) is 0 Å². The molecule has 0 aliphatic carbocycles. The fourth-order valence-corrected chi connectivity index (χ4v) is 7.88. The molecule has 7 heteroatoms. The molecule has 0 aromatic carbocycles. The molecule has 53 heavy (non-hydrogen) atoms. The molecule has 1 heterocycles. The van der Waals surface area contributed by atoms with Gasteiger partial charge in [0.1, 0.15) is 0 Å². The van der Waals surface area contributed by atoms with Crippen molar-refractivity contribution in [3.05, 3.63) is 0 Å². The second kappa shape index (κ2) is 36.0. The van der Waals surface area contributed by atoms with Gasteiger partial charge in [-0.15, -0.1) is 0 Å². The average Bonchev–Trinajstić information content (AvgIpc) is 3.13. The number of hydrogen-bond acceptors (Lipinski definition) is 6. The van der Waals surface area contributed by atoms with Gasteiger partial charge < -0.3 is 19.7 Å². The molecule has 312 valence electrons. The van der Waals surface area contributed by atoms with Gasteiger partial charge in [-0.2, -0.15) is 0 Å². The van der Waals surface area contributed by atoms with Crippen LogP contribution in [0.15, 0.2) is 0 Å². The average molecular weight is 749 g/mol. The third-order valence-corrected chi connectivity index (χ3v) is 11.4. The summed E-state index contributed by atoms with van der Waals surface area (Å²) in [5, 5.41) is 3.37. The molecule has 0 radical (unpaired) electrons. The molecular weight excluding hydrogens is 661 g/mol. The molecule has 7 nitrogen and oxygen atoms in total. The van der Waals surface area contributed by atoms with Crippen LogP contribution in [-0.4, -0.2) is 62.6 Å². The molecule has 1 amide bonds. The number of cyclic esters (lactones) is 2. The molecular formula is C46H88N2O5. The summed E-state index contributed by atoms with van der Waals surface area (Å²) in [6.07, 6.45) is 36.9. The highest BCUT2D eigenvalue weighted by Crippen LogP contribution is 2.25. The van der Waals surface area contributed by atoms with E-state index in [0.717, 1.165) is 70.8 Å². The fourth-order valence-electron chi connectivity index (χ4n) is 7.88. The number of unbranched alkanes of at least 4 members (excludes halogenated alkanes) is 2. The summed E-state index contributed by atoms with van der Waals surface area (Å²) in [5.41, 5.74) is 0. The first-order chi connectivity index (χ1) is 25.8. The van der Waals surface area contributed by atoms with Crippen LogP contribution >= 0.6 is 0 Å². The number of ether oxygens (including phenoxy) is 2. The summed E-state index contributed by atoms with van der Waals surface area (Å²) >= 11 is 0. The molecule has 1 fully saturated rings. The summed E-state index contributed by atoms with van der Waals surface area (Å²) in [7, 11) is 4.04. The number of amides is 1. The second-order valence-electron chi connectivity index (χ2n) is 16.9. The number of nitrogens with zero attached hydrogens (tertiary/aromatic N) is 1. The Kier molecular flexibility index (Phi) is 33.6. The van der Waals surface area contributed by atoms with E-state index in [1.165, 1.54) is 128 Å². The Labute approximate surface area is 328 Å². The van der Waals surface area contributed by atoms with Gasteiger partial charge in [0.15, 0.2) is 0 Å². The second-order valence-corrected chi connectivity index (χ2v) is 16.9. The van der Waals surface area contributed by atoms with Gasteiger partial charge in [0.05, 0.1) is 13.2 Å². The van der Waals surface area contributed by atoms with Crippen molar-refractivity contribution in [2.75, 3.05) is 33.9 Å². The van der Waals surface area contributed by atoms with Gasteiger partial charge in [0.25, 0.3) is 0 Å². The maximum absolute atomic E-state index is 12.7. The molecule has 0 bridgehead atoms. The molecule has 0 spiro atoms. The first kappa shape index (κ1) is 49.4. The van der Waals surface area contributed by atoms with Crippen molar-refractivity contribution in [1.82, 2.24) is 10.2 Å². The van der Waals surface area contributed by atoms with Gasteiger partial charge in [-0.25, -0.2) is 0 Å². The van der Waals surface area contributed by atoms with E-state index in [2.05, 4.69) is 24.1 Å². The fraction of sp³-hybridized carbons (Fsp3) is 0.935. The van der Waals surface area contributed by atoms with Crippen molar-refractivity contribution in [2.45, 2.75) is 232 Å². The predicted molar refractivity (Wildman–Crippen MR) is 223 cm³/mol. The molecule has 2 atom stereocenters. The third-order valence-electron chi connectivity index (χ3n) is 11.4. The monoisotopic (exact) mass is 749 g/mol. The molecule has 1 rings (SSSR count). The van der Waals surface area contributed by atoms with Crippen LogP contribution in [0.3, 0.4) is 0 Å². The van der Waals surface area contributed by atoms with E-state index in [1.54, 1.807) is 0 Å². The summed E-state index contributed by atoms with van der Waals surface area (Å²) < 4.78 is 11.4. The zero-order valence-corrected chi connectivity index (χ0v) is 35.7.